The molecule has 1 heterocycles. The van der Waals surface area contributed by atoms with Gasteiger partial charge in [0.1, 0.15) is 5.60 Å². The van der Waals surface area contributed by atoms with Crippen molar-refractivity contribution in [2.75, 3.05) is 0 Å². The Hall–Kier alpha value is -1.67. The number of hydrogen-bond donors (Lipinski definition) is 1. The van der Waals surface area contributed by atoms with Gasteiger partial charge in [0, 0.05) is 5.69 Å². The Labute approximate surface area is 95.6 Å². The van der Waals surface area contributed by atoms with Crippen LogP contribution in [-0.2, 0) is 5.60 Å². The average molecular weight is 213 g/mol. The molecule has 0 spiro atoms. The number of rotatable bonds is 2. The van der Waals surface area contributed by atoms with Gasteiger partial charge in [-0.2, -0.15) is 0 Å². The van der Waals surface area contributed by atoms with Gasteiger partial charge in [0.2, 0.25) is 0 Å². The van der Waals surface area contributed by atoms with Gasteiger partial charge in [-0.15, -0.1) is 0 Å². The van der Waals surface area contributed by atoms with Gasteiger partial charge in [-0.3, -0.25) is 4.98 Å². The van der Waals surface area contributed by atoms with Gasteiger partial charge < -0.3 is 5.11 Å². The number of aromatic nitrogens is 1. The highest BCUT2D eigenvalue weighted by atomic mass is 16.3. The zero-order chi connectivity index (χ0) is 11.6. The molecule has 0 bridgehead atoms. The van der Waals surface area contributed by atoms with E-state index in [2.05, 4.69) is 4.98 Å². The van der Waals surface area contributed by atoms with Gasteiger partial charge in [0.05, 0.1) is 5.69 Å². The van der Waals surface area contributed by atoms with Crippen LogP contribution in [0.15, 0.2) is 48.5 Å². The molecule has 2 aromatic rings. The highest BCUT2D eigenvalue weighted by Gasteiger charge is 2.26. The third-order valence-corrected chi connectivity index (χ3v) is 2.72. The van der Waals surface area contributed by atoms with Crippen LogP contribution in [0.4, 0.5) is 0 Å². The largest absolute Gasteiger partial charge is 0.379 e. The first kappa shape index (κ1) is 10.8. The minimum absolute atomic E-state index is 0.679. The van der Waals surface area contributed by atoms with E-state index < -0.39 is 5.60 Å². The first-order valence-electron chi connectivity index (χ1n) is 5.33. The minimum atomic E-state index is -1.03. The van der Waals surface area contributed by atoms with Gasteiger partial charge in [0.15, 0.2) is 0 Å². The third-order valence-electron chi connectivity index (χ3n) is 2.72. The van der Waals surface area contributed by atoms with Gasteiger partial charge >= 0.3 is 0 Å². The molecule has 0 amide bonds. The van der Waals surface area contributed by atoms with Gasteiger partial charge in [-0.1, -0.05) is 36.4 Å². The van der Waals surface area contributed by atoms with Crippen molar-refractivity contribution in [3.8, 4) is 0 Å². The minimum Gasteiger partial charge on any atom is -0.379 e. The van der Waals surface area contributed by atoms with Crippen molar-refractivity contribution in [3.05, 3.63) is 65.5 Å². The SMILES string of the molecule is Cc1cccc(C(C)(O)c2ccccc2)n1. The first-order chi connectivity index (χ1) is 7.60. The Kier molecular flexibility index (Phi) is 2.75. The molecule has 0 aliphatic carbocycles. The van der Waals surface area contributed by atoms with Crippen LogP contribution < -0.4 is 0 Å². The van der Waals surface area contributed by atoms with E-state index in [9.17, 15) is 5.11 Å². The van der Waals surface area contributed by atoms with Crippen LogP contribution in [-0.4, -0.2) is 10.1 Å². The maximum Gasteiger partial charge on any atom is 0.129 e. The van der Waals surface area contributed by atoms with Crippen molar-refractivity contribution in [1.29, 1.82) is 0 Å². The fraction of sp³-hybridized carbons (Fsp3) is 0.214. The van der Waals surface area contributed by atoms with E-state index in [1.165, 1.54) is 0 Å². The molecule has 2 heteroatoms. The molecule has 82 valence electrons. The summed E-state index contributed by atoms with van der Waals surface area (Å²) in [6, 6.07) is 15.3. The topological polar surface area (TPSA) is 33.1 Å². The summed E-state index contributed by atoms with van der Waals surface area (Å²) < 4.78 is 0. The second-order valence-corrected chi connectivity index (χ2v) is 4.10. The molecule has 16 heavy (non-hydrogen) atoms. The molecule has 0 fully saturated rings. The molecule has 0 aliphatic rings. The van der Waals surface area contributed by atoms with Crippen molar-refractivity contribution < 1.29 is 5.11 Å². The summed E-state index contributed by atoms with van der Waals surface area (Å²) in [6.45, 7) is 3.69. The number of hydrogen-bond acceptors (Lipinski definition) is 2. The lowest BCUT2D eigenvalue weighted by Gasteiger charge is -2.23. The standard InChI is InChI=1S/C14H15NO/c1-11-7-6-10-13(15-11)14(2,16)12-8-4-3-5-9-12/h3-10,16H,1-2H3. The molecule has 2 rings (SSSR count). The normalized spacial score (nSPS) is 14.4. The summed E-state index contributed by atoms with van der Waals surface area (Å²) in [7, 11) is 0. The van der Waals surface area contributed by atoms with E-state index in [1.807, 2.05) is 55.5 Å². The van der Waals surface area contributed by atoms with Crippen LogP contribution in [0.2, 0.25) is 0 Å². The quantitative estimate of drug-likeness (QED) is 0.832. The maximum atomic E-state index is 10.5. The van der Waals surface area contributed by atoms with Crippen molar-refractivity contribution in [2.45, 2.75) is 19.4 Å². The lowest BCUT2D eigenvalue weighted by molar-refractivity contribution is 0.0972. The average Bonchev–Trinajstić information content (AvgIpc) is 2.30. The van der Waals surface area contributed by atoms with Gasteiger partial charge in [-0.05, 0) is 31.5 Å². The summed E-state index contributed by atoms with van der Waals surface area (Å²) >= 11 is 0. The Morgan fingerprint density at radius 1 is 1.00 bits per heavy atom. The molecule has 2 nitrogen and oxygen atoms in total. The summed E-state index contributed by atoms with van der Waals surface area (Å²) in [5.74, 6) is 0. The predicted molar refractivity (Wildman–Crippen MR) is 64.1 cm³/mol. The van der Waals surface area contributed by atoms with Crippen LogP contribution in [0.1, 0.15) is 23.9 Å². The van der Waals surface area contributed by atoms with Crippen molar-refractivity contribution in [2.24, 2.45) is 0 Å². The van der Waals surface area contributed by atoms with Gasteiger partial charge in [-0.25, -0.2) is 0 Å². The molecule has 1 atom stereocenters. The smallest absolute Gasteiger partial charge is 0.129 e. The maximum absolute atomic E-state index is 10.5. The summed E-state index contributed by atoms with van der Waals surface area (Å²) in [6.07, 6.45) is 0. The second kappa shape index (κ2) is 4.06. The molecule has 0 saturated carbocycles. The molecular weight excluding hydrogens is 198 g/mol. The van der Waals surface area contributed by atoms with Crippen LogP contribution in [0.25, 0.3) is 0 Å². The fourth-order valence-electron chi connectivity index (χ4n) is 1.72. The Morgan fingerprint density at radius 2 is 1.69 bits per heavy atom. The van der Waals surface area contributed by atoms with Crippen LogP contribution in [0.3, 0.4) is 0 Å². The van der Waals surface area contributed by atoms with Crippen LogP contribution >= 0.6 is 0 Å². The van der Waals surface area contributed by atoms with E-state index >= 15 is 0 Å². The summed E-state index contributed by atoms with van der Waals surface area (Å²) in [5, 5.41) is 10.5. The lowest BCUT2D eigenvalue weighted by atomic mass is 9.92. The number of pyridine rings is 1. The van der Waals surface area contributed by atoms with E-state index in [4.69, 9.17) is 0 Å². The highest BCUT2D eigenvalue weighted by Crippen LogP contribution is 2.27. The molecule has 1 unspecified atom stereocenters. The molecule has 0 radical (unpaired) electrons. The van der Waals surface area contributed by atoms with Crippen molar-refractivity contribution in [1.82, 2.24) is 4.98 Å². The predicted octanol–water partition coefficient (Wildman–Crippen LogP) is 2.65. The first-order valence-corrected chi connectivity index (χ1v) is 5.33. The zero-order valence-electron chi connectivity index (χ0n) is 9.51. The monoisotopic (exact) mass is 213 g/mol. The number of aliphatic hydroxyl groups is 1. The number of benzene rings is 1. The lowest BCUT2D eigenvalue weighted by Crippen LogP contribution is -2.24. The number of nitrogens with zero attached hydrogens (tertiary/aromatic N) is 1. The highest BCUT2D eigenvalue weighted by molar-refractivity contribution is 5.31. The Bertz CT molecular complexity index is 477. The van der Waals surface area contributed by atoms with Crippen LogP contribution in [0, 0.1) is 6.92 Å². The Balaban J connectivity index is 2.47. The second-order valence-electron chi connectivity index (χ2n) is 4.10. The molecule has 1 aromatic heterocycles. The summed E-state index contributed by atoms with van der Waals surface area (Å²) in [4.78, 5) is 4.37. The Morgan fingerprint density at radius 3 is 2.31 bits per heavy atom. The van der Waals surface area contributed by atoms with E-state index in [0.717, 1.165) is 11.3 Å². The van der Waals surface area contributed by atoms with Crippen molar-refractivity contribution in [3.63, 3.8) is 0 Å². The third kappa shape index (κ3) is 1.97. The van der Waals surface area contributed by atoms with Crippen molar-refractivity contribution >= 4 is 0 Å². The molecule has 1 N–H and O–H groups in total. The van der Waals surface area contributed by atoms with E-state index in [-0.39, 0.29) is 0 Å². The van der Waals surface area contributed by atoms with Crippen LogP contribution in [0.5, 0.6) is 0 Å². The molecule has 0 saturated heterocycles. The van der Waals surface area contributed by atoms with E-state index in [0.29, 0.717) is 5.69 Å². The summed E-state index contributed by atoms with van der Waals surface area (Å²) in [5.41, 5.74) is 1.41. The van der Waals surface area contributed by atoms with E-state index in [1.54, 1.807) is 6.92 Å². The molecule has 0 aliphatic heterocycles. The molecular formula is C14H15NO. The van der Waals surface area contributed by atoms with Gasteiger partial charge in [0.25, 0.3) is 0 Å². The molecule has 1 aromatic carbocycles. The number of aryl methyl sites for hydroxylation is 1. The zero-order valence-corrected chi connectivity index (χ0v) is 9.51. The fourth-order valence-corrected chi connectivity index (χ4v) is 1.72.